The second-order valence-corrected chi connectivity index (χ2v) is 5.78. The smallest absolute Gasteiger partial charge is 2.00 e. The maximum absolute atomic E-state index is 9.94. The molecule has 0 radical (unpaired) electrons. The van der Waals surface area contributed by atoms with Gasteiger partial charge in [-0.3, -0.25) is 0 Å². The standard InChI is InChI=1S/C12H22O11.CH2O3.Ca.2O.Ti/c13-1-3-5(15)6(16)9(19)12(22-3)23-10-4(2-14)21-11(20)8(18)7(10)17;2-1(3)4;;;;/h3-20H,1-2H2;(H2,2,3,4);;;;/q;;+2;2*-2;+4/p-2/t3-,4-,5+,6+,7-,8-,9-,10-,11?,12+;;;;;/m1...../s1. The maximum Gasteiger partial charge on any atom is 4.00 e. The van der Waals surface area contributed by atoms with Crippen molar-refractivity contribution in [3.05, 3.63) is 0 Å². The predicted octanol–water partition coefficient (Wildman–Crippen LogP) is -8.47. The Morgan fingerprint density at radius 2 is 1.23 bits per heavy atom. The van der Waals surface area contributed by atoms with Crippen LogP contribution in [0, 0.1) is 0 Å². The van der Waals surface area contributed by atoms with Crippen molar-refractivity contribution in [1.29, 1.82) is 0 Å². The van der Waals surface area contributed by atoms with Gasteiger partial charge in [-0.15, -0.1) is 0 Å². The second kappa shape index (κ2) is 18.1. The van der Waals surface area contributed by atoms with E-state index in [4.69, 9.17) is 34.3 Å². The van der Waals surface area contributed by atoms with Gasteiger partial charge in [0.15, 0.2) is 12.6 Å². The topological polar surface area (TPSA) is 310 Å². The van der Waals surface area contributed by atoms with Crippen LogP contribution in [-0.2, 0) is 46.9 Å². The van der Waals surface area contributed by atoms with E-state index < -0.39 is 80.8 Å². The molecular formula is C13H22CaO16Ti. The minimum atomic E-state index is -2.33. The Morgan fingerprint density at radius 3 is 1.65 bits per heavy atom. The van der Waals surface area contributed by atoms with Gasteiger partial charge in [0, 0.05) is 0 Å². The predicted molar refractivity (Wildman–Crippen MR) is 81.1 cm³/mol. The van der Waals surface area contributed by atoms with Crippen LogP contribution in [0.2, 0.25) is 0 Å². The first-order valence-electron chi connectivity index (χ1n) is 7.69. The maximum atomic E-state index is 9.94. The number of aliphatic hydroxyl groups excluding tert-OH is 8. The third-order valence-corrected chi connectivity index (χ3v) is 3.98. The molecule has 16 nitrogen and oxygen atoms in total. The number of carbonyl (C=O) groups excluding carboxylic acids is 1. The zero-order valence-corrected chi connectivity index (χ0v) is 19.5. The summed E-state index contributed by atoms with van der Waals surface area (Å²) in [6, 6.07) is 0. The first-order valence-corrected chi connectivity index (χ1v) is 7.69. The molecule has 0 aliphatic carbocycles. The normalized spacial score (nSPS) is 39.1. The third-order valence-electron chi connectivity index (χ3n) is 3.98. The number of carbonyl (C=O) groups is 1. The molecule has 0 aromatic carbocycles. The fourth-order valence-electron chi connectivity index (χ4n) is 2.57. The van der Waals surface area contributed by atoms with E-state index >= 15 is 0 Å². The van der Waals surface area contributed by atoms with E-state index in [1.165, 1.54) is 0 Å². The molecule has 2 aliphatic heterocycles. The fourth-order valence-corrected chi connectivity index (χ4v) is 2.57. The van der Waals surface area contributed by atoms with Crippen molar-refractivity contribution in [2.45, 2.75) is 61.4 Å². The molecule has 2 fully saturated rings. The molecule has 0 spiro atoms. The van der Waals surface area contributed by atoms with E-state index in [1.54, 1.807) is 0 Å². The Balaban J connectivity index is -0.000000420. The molecule has 31 heavy (non-hydrogen) atoms. The monoisotopic (exact) mass is 522 g/mol. The Kier molecular flexibility index (Phi) is 22.8. The summed E-state index contributed by atoms with van der Waals surface area (Å²) in [7, 11) is 0. The van der Waals surface area contributed by atoms with E-state index in [9.17, 15) is 35.7 Å². The summed E-state index contributed by atoms with van der Waals surface area (Å²) < 4.78 is 15.3. The van der Waals surface area contributed by atoms with Crippen molar-refractivity contribution in [3.8, 4) is 0 Å². The van der Waals surface area contributed by atoms with E-state index in [0.717, 1.165) is 0 Å². The number of aliphatic hydroxyl groups is 8. The average Bonchev–Trinajstić information content (AvgIpc) is 2.61. The summed E-state index contributed by atoms with van der Waals surface area (Å²) in [6.07, 6.45) is -17.9. The Hall–Kier alpha value is 0.724. The van der Waals surface area contributed by atoms with E-state index in [1.807, 2.05) is 0 Å². The van der Waals surface area contributed by atoms with Gasteiger partial charge in [-0.05, 0) is 6.16 Å². The van der Waals surface area contributed by atoms with Crippen LogP contribution in [-0.4, -0.2) is 159 Å². The average molecular weight is 522 g/mol. The van der Waals surface area contributed by atoms with Gasteiger partial charge < -0.3 is 81.0 Å². The zero-order valence-electron chi connectivity index (χ0n) is 15.7. The molecule has 176 valence electrons. The molecule has 18 heteroatoms. The Morgan fingerprint density at radius 1 is 0.774 bits per heavy atom. The van der Waals surface area contributed by atoms with E-state index in [0.29, 0.717) is 0 Å². The molecule has 1 unspecified atom stereocenters. The molecule has 2 aliphatic rings. The first kappa shape index (κ1) is 39.0. The largest absolute Gasteiger partial charge is 4.00 e. The number of carboxylic acid groups (broad SMARTS) is 2. The van der Waals surface area contributed by atoms with Gasteiger partial charge in [-0.25, -0.2) is 0 Å². The van der Waals surface area contributed by atoms with E-state index in [-0.39, 0.29) is 70.4 Å². The summed E-state index contributed by atoms with van der Waals surface area (Å²) in [4.78, 5) is 8.33. The number of hydrogen-bond donors (Lipinski definition) is 8. The molecule has 0 aromatic rings. The molecule has 0 amide bonds. The molecule has 2 rings (SSSR count). The molecule has 2 saturated heterocycles. The minimum Gasteiger partial charge on any atom is -2.00 e. The summed E-state index contributed by atoms with van der Waals surface area (Å²) in [6.45, 7) is -1.35. The second-order valence-electron chi connectivity index (χ2n) is 5.78. The van der Waals surface area contributed by atoms with Crippen molar-refractivity contribution in [2.24, 2.45) is 0 Å². The first-order chi connectivity index (χ1) is 12.5. The molecule has 0 aromatic heterocycles. The van der Waals surface area contributed by atoms with Crippen LogP contribution in [0.5, 0.6) is 0 Å². The van der Waals surface area contributed by atoms with Crippen molar-refractivity contribution < 1.29 is 103 Å². The van der Waals surface area contributed by atoms with Gasteiger partial charge in [-0.1, -0.05) is 0 Å². The zero-order chi connectivity index (χ0) is 20.9. The summed E-state index contributed by atoms with van der Waals surface area (Å²) in [5.41, 5.74) is 0. The van der Waals surface area contributed by atoms with Gasteiger partial charge in [-0.2, -0.15) is 0 Å². The van der Waals surface area contributed by atoms with Crippen LogP contribution in [0.25, 0.3) is 0 Å². The van der Waals surface area contributed by atoms with Crippen molar-refractivity contribution in [1.82, 2.24) is 0 Å². The van der Waals surface area contributed by atoms with E-state index in [2.05, 4.69) is 0 Å². The minimum absolute atomic E-state index is 0. The van der Waals surface area contributed by atoms with Crippen LogP contribution < -0.4 is 10.2 Å². The van der Waals surface area contributed by atoms with Crippen LogP contribution in [0.3, 0.4) is 0 Å². The van der Waals surface area contributed by atoms with Crippen LogP contribution >= 0.6 is 0 Å². The van der Waals surface area contributed by atoms with Gasteiger partial charge in [0.05, 0.1) is 13.2 Å². The molecule has 0 bridgehead atoms. The third kappa shape index (κ3) is 10.7. The van der Waals surface area contributed by atoms with Gasteiger partial charge in [0.1, 0.15) is 48.8 Å². The number of hydrogen-bond acceptors (Lipinski definition) is 14. The van der Waals surface area contributed by atoms with Crippen molar-refractivity contribution in [3.63, 3.8) is 0 Å². The number of ether oxygens (including phenoxy) is 3. The Bertz CT molecular complexity index is 469. The summed E-state index contributed by atoms with van der Waals surface area (Å²) in [5, 5.41) is 93.2. The number of rotatable bonds is 4. The molecular weight excluding hydrogens is 500 g/mol. The molecule has 2 heterocycles. The van der Waals surface area contributed by atoms with Crippen LogP contribution in [0.15, 0.2) is 0 Å². The molecule has 0 saturated carbocycles. The van der Waals surface area contributed by atoms with Crippen molar-refractivity contribution in [2.75, 3.05) is 13.2 Å². The van der Waals surface area contributed by atoms with Crippen LogP contribution in [0.4, 0.5) is 4.79 Å². The SMILES string of the molecule is O=C([O-])[O-].OC[C@H]1O[C@@H](O[C@H]2[C@H](O)[C@@H](O)C(O)O[C@@H]2CO)[C@H](O)[C@@H](O)[C@H]1O.[Ca+2].[O-2].[O-2].[Ti+4]. The summed E-state index contributed by atoms with van der Waals surface area (Å²) in [5.74, 6) is 0. The van der Waals surface area contributed by atoms with Gasteiger partial charge >= 0.3 is 59.5 Å². The Labute approximate surface area is 220 Å². The molecule has 8 N–H and O–H groups in total. The van der Waals surface area contributed by atoms with Crippen LogP contribution in [0.1, 0.15) is 0 Å². The summed E-state index contributed by atoms with van der Waals surface area (Å²) >= 11 is 0. The fraction of sp³-hybridized carbons (Fsp3) is 0.923. The van der Waals surface area contributed by atoms with Crippen molar-refractivity contribution >= 4 is 43.9 Å². The molecule has 10 atom stereocenters. The quantitative estimate of drug-likeness (QED) is 0.159. The van der Waals surface area contributed by atoms with Gasteiger partial charge in [0.2, 0.25) is 0 Å². The van der Waals surface area contributed by atoms with Gasteiger partial charge in [0.25, 0.3) is 0 Å².